The van der Waals surface area contributed by atoms with Gasteiger partial charge in [-0.2, -0.15) is 4.31 Å². The summed E-state index contributed by atoms with van der Waals surface area (Å²) in [7, 11) is 0.511. The molecule has 1 saturated heterocycles. The number of nitrogens with zero attached hydrogens (tertiary/aromatic N) is 6. The number of piperazine rings is 1. The van der Waals surface area contributed by atoms with Crippen molar-refractivity contribution in [3.63, 3.8) is 0 Å². The highest BCUT2D eigenvalue weighted by Gasteiger charge is 2.29. The zero-order chi connectivity index (χ0) is 20.9. The smallest absolute Gasteiger partial charge is 0.220 e. The van der Waals surface area contributed by atoms with Crippen molar-refractivity contribution < 1.29 is 12.9 Å². The number of hydrogen-bond acceptors (Lipinski definition) is 8. The van der Waals surface area contributed by atoms with Gasteiger partial charge in [-0.1, -0.05) is 5.16 Å². The van der Waals surface area contributed by atoms with E-state index in [1.807, 2.05) is 31.3 Å². The predicted octanol–water partition coefficient (Wildman–Crippen LogP) is 1.43. The lowest BCUT2D eigenvalue weighted by molar-refractivity contribution is 0.259. The molecule has 13 heteroatoms. The van der Waals surface area contributed by atoms with Crippen LogP contribution in [0.2, 0.25) is 0 Å². The first kappa shape index (κ1) is 24.8. The zero-order valence-corrected chi connectivity index (χ0v) is 21.3. The summed E-state index contributed by atoms with van der Waals surface area (Å²) in [5, 5.41) is 9.95. The summed E-state index contributed by atoms with van der Waals surface area (Å²) in [4.78, 5) is 13.3. The first-order chi connectivity index (χ1) is 13.9. The van der Waals surface area contributed by atoms with Gasteiger partial charge in [-0.15, -0.1) is 35.3 Å². The van der Waals surface area contributed by atoms with Gasteiger partial charge in [0.1, 0.15) is 12.0 Å². The molecule has 0 amide bonds. The van der Waals surface area contributed by atoms with Crippen molar-refractivity contribution in [1.82, 2.24) is 24.7 Å². The van der Waals surface area contributed by atoms with Crippen LogP contribution in [0.25, 0.3) is 0 Å². The molecule has 0 spiro atoms. The minimum atomic E-state index is -3.42. The molecule has 2 aromatic heterocycles. The summed E-state index contributed by atoms with van der Waals surface area (Å²) in [5.41, 5.74) is 1.34. The van der Waals surface area contributed by atoms with Crippen molar-refractivity contribution in [3.05, 3.63) is 29.1 Å². The van der Waals surface area contributed by atoms with Gasteiger partial charge in [-0.05, 0) is 6.92 Å². The molecule has 0 aliphatic carbocycles. The number of sulfonamides is 1. The highest BCUT2D eigenvalue weighted by atomic mass is 127. The van der Waals surface area contributed by atoms with Crippen LogP contribution in [0.1, 0.15) is 18.3 Å². The van der Waals surface area contributed by atoms with Gasteiger partial charge in [0.2, 0.25) is 10.0 Å². The summed E-state index contributed by atoms with van der Waals surface area (Å²) >= 11 is 1.59. The monoisotopic (exact) mass is 569 g/mol. The van der Waals surface area contributed by atoms with E-state index in [0.29, 0.717) is 38.4 Å². The molecule has 1 aliphatic rings. The van der Waals surface area contributed by atoms with E-state index in [9.17, 15) is 8.42 Å². The lowest BCUT2D eigenvalue weighted by Gasteiger charge is -2.35. The van der Waals surface area contributed by atoms with Crippen molar-refractivity contribution >= 4 is 56.4 Å². The maximum Gasteiger partial charge on any atom is 0.220 e. The average molecular weight is 569 g/mol. The van der Waals surface area contributed by atoms with Gasteiger partial charge in [0.15, 0.2) is 11.1 Å². The van der Waals surface area contributed by atoms with Crippen LogP contribution in [0, 0.1) is 0 Å². The number of hydrogen-bond donors (Lipinski definition) is 1. The fraction of sp³-hybridized carbons (Fsp3) is 0.588. The van der Waals surface area contributed by atoms with Gasteiger partial charge in [0, 0.05) is 58.3 Å². The molecule has 0 unspecified atom stereocenters. The van der Waals surface area contributed by atoms with Crippen molar-refractivity contribution in [2.45, 2.75) is 19.2 Å². The number of guanidine groups is 1. The third-order valence-electron chi connectivity index (χ3n) is 4.40. The van der Waals surface area contributed by atoms with Gasteiger partial charge in [0.25, 0.3) is 0 Å². The van der Waals surface area contributed by atoms with E-state index in [0.717, 1.165) is 23.3 Å². The molecule has 0 atom stereocenters. The zero-order valence-electron chi connectivity index (χ0n) is 17.3. The van der Waals surface area contributed by atoms with Crippen LogP contribution in [0.15, 0.2) is 27.2 Å². The maximum absolute atomic E-state index is 12.6. The molecule has 0 aromatic carbocycles. The van der Waals surface area contributed by atoms with Gasteiger partial charge in [0.05, 0.1) is 17.9 Å². The molecule has 1 aliphatic heterocycles. The lowest BCUT2D eigenvalue weighted by atomic mass is 10.4. The Morgan fingerprint density at radius 3 is 2.60 bits per heavy atom. The average Bonchev–Trinajstić information content (AvgIpc) is 3.37. The molecule has 3 heterocycles. The Kier molecular flexibility index (Phi) is 9.31. The summed E-state index contributed by atoms with van der Waals surface area (Å²) in [6, 6.07) is 1.57. The Bertz CT molecular complexity index is 908. The molecule has 30 heavy (non-hydrogen) atoms. The van der Waals surface area contributed by atoms with Gasteiger partial charge < -0.3 is 19.6 Å². The number of halogens is 1. The summed E-state index contributed by atoms with van der Waals surface area (Å²) in [6.45, 7) is 5.20. The van der Waals surface area contributed by atoms with E-state index < -0.39 is 10.0 Å². The maximum atomic E-state index is 12.6. The Labute approximate surface area is 198 Å². The fourth-order valence-corrected chi connectivity index (χ4v) is 5.10. The molecule has 2 aromatic rings. The van der Waals surface area contributed by atoms with E-state index in [-0.39, 0.29) is 29.7 Å². The summed E-state index contributed by atoms with van der Waals surface area (Å²) < 4.78 is 31.4. The number of nitrogens with one attached hydrogen (secondary N) is 1. The SMILES string of the molecule is CCNC(=NCc1csc(N(C)C)n1)N1CCN(S(=O)(=O)Cc2ccon2)CC1.I. The van der Waals surface area contributed by atoms with Crippen molar-refractivity contribution in [3.8, 4) is 0 Å². The number of anilines is 1. The number of rotatable bonds is 7. The van der Waals surface area contributed by atoms with E-state index in [1.165, 1.54) is 10.6 Å². The Hall–Kier alpha value is -1.45. The predicted molar refractivity (Wildman–Crippen MR) is 129 cm³/mol. The number of aliphatic imine (C=N–C) groups is 1. The normalized spacial score (nSPS) is 15.7. The second kappa shape index (κ2) is 11.2. The summed E-state index contributed by atoms with van der Waals surface area (Å²) in [6.07, 6.45) is 1.38. The quantitative estimate of drug-likeness (QED) is 0.303. The first-order valence-corrected chi connectivity index (χ1v) is 11.9. The summed E-state index contributed by atoms with van der Waals surface area (Å²) in [5.74, 6) is 0.635. The standard InChI is InChI=1S/C17H27N7O3S2.HI/c1-4-18-16(19-11-15-12-28-17(20-15)22(2)3)23-6-8-24(9-7-23)29(25,26)13-14-5-10-27-21-14;/h5,10,12H,4,6-9,11,13H2,1-3H3,(H,18,19);1H. The minimum Gasteiger partial charge on any atom is -0.364 e. The topological polar surface area (TPSA) is 107 Å². The molecule has 3 rings (SSSR count). The Morgan fingerprint density at radius 2 is 2.03 bits per heavy atom. The van der Waals surface area contributed by atoms with E-state index >= 15 is 0 Å². The van der Waals surface area contributed by atoms with Gasteiger partial charge in [-0.3, -0.25) is 0 Å². The molecule has 0 saturated carbocycles. The highest BCUT2D eigenvalue weighted by molar-refractivity contribution is 14.0. The van der Waals surface area contributed by atoms with Crippen LogP contribution in [0.5, 0.6) is 0 Å². The van der Waals surface area contributed by atoms with E-state index in [4.69, 9.17) is 9.52 Å². The Morgan fingerprint density at radius 1 is 1.30 bits per heavy atom. The molecule has 1 N–H and O–H groups in total. The van der Waals surface area contributed by atoms with Crippen LogP contribution < -0.4 is 10.2 Å². The van der Waals surface area contributed by atoms with Crippen LogP contribution in [-0.2, 0) is 22.3 Å². The van der Waals surface area contributed by atoms with Crippen LogP contribution in [0.3, 0.4) is 0 Å². The molecule has 1 fully saturated rings. The van der Waals surface area contributed by atoms with Crippen molar-refractivity contribution in [2.75, 3.05) is 51.7 Å². The largest absolute Gasteiger partial charge is 0.364 e. The highest BCUT2D eigenvalue weighted by Crippen LogP contribution is 2.18. The van der Waals surface area contributed by atoms with Crippen molar-refractivity contribution in [1.29, 1.82) is 0 Å². The van der Waals surface area contributed by atoms with Crippen LogP contribution >= 0.6 is 35.3 Å². The molecule has 10 nitrogen and oxygen atoms in total. The van der Waals surface area contributed by atoms with Gasteiger partial charge in [-0.25, -0.2) is 18.4 Å². The molecule has 0 bridgehead atoms. The van der Waals surface area contributed by atoms with Crippen LogP contribution in [-0.4, -0.2) is 80.5 Å². The third-order valence-corrected chi connectivity index (χ3v) is 7.27. The molecular weight excluding hydrogens is 541 g/mol. The third kappa shape index (κ3) is 6.52. The van der Waals surface area contributed by atoms with E-state index in [2.05, 4.69) is 20.4 Å². The lowest BCUT2D eigenvalue weighted by Crippen LogP contribution is -2.53. The number of aromatic nitrogens is 2. The van der Waals surface area contributed by atoms with E-state index in [1.54, 1.807) is 17.4 Å². The fourth-order valence-electron chi connectivity index (χ4n) is 2.92. The first-order valence-electron chi connectivity index (χ1n) is 9.41. The minimum absolute atomic E-state index is 0. The van der Waals surface area contributed by atoms with Gasteiger partial charge >= 0.3 is 0 Å². The molecule has 0 radical (unpaired) electrons. The second-order valence-corrected chi connectivity index (χ2v) is 9.62. The van der Waals surface area contributed by atoms with Crippen molar-refractivity contribution in [2.24, 2.45) is 4.99 Å². The number of thiazole rings is 1. The molecule has 168 valence electrons. The second-order valence-electron chi connectivity index (χ2n) is 6.82. The van der Waals surface area contributed by atoms with Crippen LogP contribution in [0.4, 0.5) is 5.13 Å². The Balaban J connectivity index is 0.00000320. The molecular formula is C17H28IN7O3S2.